The van der Waals surface area contributed by atoms with Gasteiger partial charge in [-0.25, -0.2) is 9.97 Å². The molecule has 1 aliphatic rings. The molecule has 34 heavy (non-hydrogen) atoms. The number of aliphatic hydroxyl groups excluding tert-OH is 1. The molecule has 8 heteroatoms. The Labute approximate surface area is 198 Å². The summed E-state index contributed by atoms with van der Waals surface area (Å²) in [6.45, 7) is 7.95. The number of rotatable bonds is 8. The van der Waals surface area contributed by atoms with Gasteiger partial charge in [0.25, 0.3) is 0 Å². The third-order valence-corrected chi connectivity index (χ3v) is 6.20. The summed E-state index contributed by atoms with van der Waals surface area (Å²) < 4.78 is 11.3. The Morgan fingerprint density at radius 1 is 0.941 bits per heavy atom. The molecular weight excluding hydrogens is 430 g/mol. The normalized spacial score (nSPS) is 15.6. The molecule has 0 radical (unpaired) electrons. The minimum absolute atomic E-state index is 0.0223. The van der Waals surface area contributed by atoms with E-state index in [0.717, 1.165) is 52.5 Å². The van der Waals surface area contributed by atoms with Crippen LogP contribution in [0.4, 0.5) is 0 Å². The van der Waals surface area contributed by atoms with Crippen LogP contribution >= 0.6 is 0 Å². The van der Waals surface area contributed by atoms with E-state index in [1.807, 2.05) is 24.3 Å². The van der Waals surface area contributed by atoms with Crippen LogP contribution in [-0.4, -0.2) is 30.4 Å². The quantitative estimate of drug-likeness (QED) is 0.363. The Bertz CT molecular complexity index is 1260. The van der Waals surface area contributed by atoms with Gasteiger partial charge in [-0.15, -0.1) is 0 Å². The van der Waals surface area contributed by atoms with Crippen molar-refractivity contribution in [3.05, 3.63) is 65.3 Å². The molecule has 1 saturated carbocycles. The first kappa shape index (κ1) is 22.4. The average Bonchev–Trinajstić information content (AvgIpc) is 3.40. The van der Waals surface area contributed by atoms with Crippen LogP contribution in [0.3, 0.4) is 0 Å². The summed E-state index contributed by atoms with van der Waals surface area (Å²) in [4.78, 5) is 14.0. The monoisotopic (exact) mass is 459 g/mol. The third-order valence-electron chi connectivity index (χ3n) is 6.20. The molecule has 1 fully saturated rings. The van der Waals surface area contributed by atoms with E-state index in [-0.39, 0.29) is 11.8 Å². The second-order valence-corrected chi connectivity index (χ2v) is 9.41. The van der Waals surface area contributed by atoms with Gasteiger partial charge in [0.15, 0.2) is 17.3 Å². The Kier molecular flexibility index (Phi) is 6.00. The second-order valence-electron chi connectivity index (χ2n) is 9.41. The molecule has 176 valence electrons. The van der Waals surface area contributed by atoms with E-state index in [1.165, 1.54) is 0 Å². The molecule has 1 N–H and O–H groups in total. The topological polar surface area (TPSA) is 111 Å². The van der Waals surface area contributed by atoms with Crippen LogP contribution < -0.4 is 0 Å². The maximum atomic E-state index is 10.2. The number of hydrogen-bond acceptors (Lipinski definition) is 8. The highest BCUT2D eigenvalue weighted by molar-refractivity contribution is 5.65. The lowest BCUT2D eigenvalue weighted by Gasteiger charge is -2.12. The van der Waals surface area contributed by atoms with Crippen LogP contribution in [0.5, 0.6) is 0 Å². The molecule has 8 nitrogen and oxygen atoms in total. The summed E-state index contributed by atoms with van der Waals surface area (Å²) in [5.74, 6) is 2.59. The van der Waals surface area contributed by atoms with E-state index in [2.05, 4.69) is 41.1 Å². The summed E-state index contributed by atoms with van der Waals surface area (Å²) in [5.41, 5.74) is 4.96. The van der Waals surface area contributed by atoms with Crippen LogP contribution in [0.2, 0.25) is 0 Å². The molecule has 0 bridgehead atoms. The average molecular weight is 460 g/mol. The Hall–Kier alpha value is -3.39. The SMILES string of the molecule is CC(C)c1noc(C2CC2)c1-c1nccc(CC(C)c2noc(C(C)O)c2-c2ccccn2)n1. The van der Waals surface area contributed by atoms with Gasteiger partial charge in [0.2, 0.25) is 0 Å². The molecular formula is C26H29N5O3. The van der Waals surface area contributed by atoms with Gasteiger partial charge in [0.05, 0.1) is 28.2 Å². The molecule has 0 saturated heterocycles. The fourth-order valence-electron chi connectivity index (χ4n) is 4.30. The Morgan fingerprint density at radius 3 is 2.41 bits per heavy atom. The lowest BCUT2D eigenvalue weighted by molar-refractivity contribution is 0.158. The van der Waals surface area contributed by atoms with Gasteiger partial charge in [0.1, 0.15) is 6.10 Å². The number of pyridine rings is 1. The van der Waals surface area contributed by atoms with Crippen LogP contribution in [-0.2, 0) is 6.42 Å². The number of aliphatic hydroxyl groups is 1. The number of aromatic nitrogens is 5. The summed E-state index contributed by atoms with van der Waals surface area (Å²) in [5, 5.41) is 18.9. The van der Waals surface area contributed by atoms with Gasteiger partial charge in [-0.05, 0) is 50.3 Å². The van der Waals surface area contributed by atoms with Crippen LogP contribution in [0.25, 0.3) is 22.6 Å². The molecule has 4 heterocycles. The Morgan fingerprint density at radius 2 is 1.74 bits per heavy atom. The molecule has 0 spiro atoms. The highest BCUT2D eigenvalue weighted by Crippen LogP contribution is 2.46. The van der Waals surface area contributed by atoms with E-state index >= 15 is 0 Å². The van der Waals surface area contributed by atoms with Crippen molar-refractivity contribution in [1.82, 2.24) is 25.3 Å². The van der Waals surface area contributed by atoms with Crippen LogP contribution in [0.1, 0.15) is 93.0 Å². The van der Waals surface area contributed by atoms with Gasteiger partial charge in [-0.2, -0.15) is 0 Å². The summed E-state index contributed by atoms with van der Waals surface area (Å²) in [6, 6.07) is 7.59. The molecule has 2 atom stereocenters. The van der Waals surface area contributed by atoms with Gasteiger partial charge >= 0.3 is 0 Å². The largest absolute Gasteiger partial charge is 0.385 e. The van der Waals surface area contributed by atoms with Crippen molar-refractivity contribution in [1.29, 1.82) is 0 Å². The lowest BCUT2D eigenvalue weighted by Crippen LogP contribution is -2.05. The highest BCUT2D eigenvalue weighted by atomic mass is 16.5. The first-order chi connectivity index (χ1) is 16.4. The maximum absolute atomic E-state index is 10.2. The molecule has 4 aromatic heterocycles. The van der Waals surface area contributed by atoms with Crippen molar-refractivity contribution in [2.24, 2.45) is 0 Å². The molecule has 4 aromatic rings. The highest BCUT2D eigenvalue weighted by Gasteiger charge is 2.34. The fraction of sp³-hybridized carbons (Fsp3) is 0.423. The number of nitrogens with zero attached hydrogens (tertiary/aromatic N) is 5. The van der Waals surface area contributed by atoms with E-state index in [9.17, 15) is 5.11 Å². The smallest absolute Gasteiger partial charge is 0.174 e. The zero-order valence-corrected chi connectivity index (χ0v) is 19.9. The molecule has 0 aliphatic heterocycles. The van der Waals surface area contributed by atoms with Gasteiger partial charge < -0.3 is 14.2 Å². The van der Waals surface area contributed by atoms with E-state index in [4.69, 9.17) is 14.0 Å². The number of hydrogen-bond donors (Lipinski definition) is 1. The summed E-state index contributed by atoms with van der Waals surface area (Å²) in [6.07, 6.45) is 5.58. The zero-order valence-electron chi connectivity index (χ0n) is 19.9. The van der Waals surface area contributed by atoms with Crippen molar-refractivity contribution >= 4 is 0 Å². The summed E-state index contributed by atoms with van der Waals surface area (Å²) >= 11 is 0. The summed E-state index contributed by atoms with van der Waals surface area (Å²) in [7, 11) is 0. The maximum Gasteiger partial charge on any atom is 0.174 e. The zero-order chi connectivity index (χ0) is 23.8. The van der Waals surface area contributed by atoms with Gasteiger partial charge in [-0.3, -0.25) is 4.98 Å². The van der Waals surface area contributed by atoms with Crippen LogP contribution in [0, 0.1) is 0 Å². The molecule has 0 aromatic carbocycles. The van der Waals surface area contributed by atoms with Crippen molar-refractivity contribution in [2.45, 2.75) is 70.8 Å². The molecule has 0 amide bonds. The minimum atomic E-state index is -0.792. The molecule has 5 rings (SSSR count). The van der Waals surface area contributed by atoms with Crippen molar-refractivity contribution in [3.63, 3.8) is 0 Å². The fourth-order valence-corrected chi connectivity index (χ4v) is 4.30. The van der Waals surface area contributed by atoms with Gasteiger partial charge in [-0.1, -0.05) is 37.2 Å². The van der Waals surface area contributed by atoms with Crippen molar-refractivity contribution in [2.75, 3.05) is 0 Å². The predicted octanol–water partition coefficient (Wildman–Crippen LogP) is 5.58. The van der Waals surface area contributed by atoms with E-state index in [1.54, 1.807) is 19.3 Å². The first-order valence-corrected chi connectivity index (χ1v) is 11.8. The Balaban J connectivity index is 1.48. The molecule has 1 aliphatic carbocycles. The predicted molar refractivity (Wildman–Crippen MR) is 126 cm³/mol. The van der Waals surface area contributed by atoms with E-state index < -0.39 is 6.10 Å². The van der Waals surface area contributed by atoms with E-state index in [0.29, 0.717) is 23.9 Å². The third kappa shape index (κ3) is 4.25. The van der Waals surface area contributed by atoms with Crippen LogP contribution in [0.15, 0.2) is 45.7 Å². The molecule has 2 unspecified atom stereocenters. The second kappa shape index (κ2) is 9.10. The standard InChI is InChI=1S/C26H29N5O3/c1-14(2)22-21(25(34-30-22)17-8-9-17)26-28-12-10-18(29-26)13-15(3)23-20(19-7-5-6-11-27-19)24(16(4)32)33-31-23/h5-7,10-12,14-17,32H,8-9,13H2,1-4H3. The van der Waals surface area contributed by atoms with Gasteiger partial charge in [0, 0.05) is 29.9 Å². The van der Waals surface area contributed by atoms with Crippen molar-refractivity contribution < 1.29 is 14.2 Å². The minimum Gasteiger partial charge on any atom is -0.385 e. The van der Waals surface area contributed by atoms with Crippen molar-refractivity contribution in [3.8, 4) is 22.6 Å². The lowest BCUT2D eigenvalue weighted by atomic mass is 9.94. The first-order valence-electron chi connectivity index (χ1n) is 11.8.